The van der Waals surface area contributed by atoms with E-state index in [2.05, 4.69) is 14.9 Å². The van der Waals surface area contributed by atoms with Crippen molar-refractivity contribution in [3.05, 3.63) is 11.8 Å². The molecule has 96 valence electrons. The lowest BCUT2D eigenvalue weighted by molar-refractivity contribution is 0.127. The molecule has 2 N–H and O–H groups in total. The van der Waals surface area contributed by atoms with E-state index in [1.54, 1.807) is 6.20 Å². The molecule has 7 heteroatoms. The third-order valence-electron chi connectivity index (χ3n) is 2.79. The van der Waals surface area contributed by atoms with Crippen LogP contribution in [0, 0.1) is 0 Å². The maximum Gasteiger partial charge on any atom is 0.236 e. The van der Waals surface area contributed by atoms with Gasteiger partial charge in [0.2, 0.25) is 10.0 Å². The van der Waals surface area contributed by atoms with Crippen LogP contribution in [-0.2, 0) is 21.2 Å². The van der Waals surface area contributed by atoms with Crippen LogP contribution in [0.25, 0.3) is 0 Å². The van der Waals surface area contributed by atoms with Crippen molar-refractivity contribution in [2.75, 3.05) is 17.1 Å². The molecule has 0 aromatic carbocycles. The monoisotopic (exact) mass is 259 g/mol. The summed E-state index contributed by atoms with van der Waals surface area (Å²) in [5.41, 5.74) is 0.862. The third-order valence-corrected chi connectivity index (χ3v) is 4.11. The van der Waals surface area contributed by atoms with Crippen molar-refractivity contribution in [1.29, 1.82) is 0 Å². The van der Waals surface area contributed by atoms with E-state index in [4.69, 9.17) is 4.74 Å². The summed E-state index contributed by atoms with van der Waals surface area (Å²) in [5.74, 6) is 0.473. The van der Waals surface area contributed by atoms with Crippen molar-refractivity contribution in [3.8, 4) is 0 Å². The summed E-state index contributed by atoms with van der Waals surface area (Å²) >= 11 is 0. The Morgan fingerprint density at radius 3 is 3.12 bits per heavy atom. The van der Waals surface area contributed by atoms with E-state index in [1.165, 1.54) is 0 Å². The second-order valence-corrected chi connectivity index (χ2v) is 5.91. The highest BCUT2D eigenvalue weighted by molar-refractivity contribution is 7.92. The zero-order chi connectivity index (χ0) is 12.3. The number of anilines is 1. The van der Waals surface area contributed by atoms with E-state index < -0.39 is 10.0 Å². The first-order chi connectivity index (χ1) is 8.11. The van der Waals surface area contributed by atoms with Crippen molar-refractivity contribution in [2.24, 2.45) is 0 Å². The van der Waals surface area contributed by atoms with Gasteiger partial charge in [0.25, 0.3) is 0 Å². The number of rotatable bonds is 5. The van der Waals surface area contributed by atoms with Gasteiger partial charge >= 0.3 is 0 Å². The van der Waals surface area contributed by atoms with Gasteiger partial charge in [0.15, 0.2) is 0 Å². The SMILES string of the molecule is CCc1cn[nH]c1NS(=O)(=O)CC1CCCO1. The Hall–Kier alpha value is -1.08. The van der Waals surface area contributed by atoms with Crippen molar-refractivity contribution >= 4 is 15.8 Å². The molecule has 0 amide bonds. The van der Waals surface area contributed by atoms with Gasteiger partial charge in [-0.3, -0.25) is 9.82 Å². The zero-order valence-corrected chi connectivity index (χ0v) is 10.6. The van der Waals surface area contributed by atoms with Crippen LogP contribution < -0.4 is 4.72 Å². The van der Waals surface area contributed by atoms with Crippen LogP contribution in [0.4, 0.5) is 5.82 Å². The fourth-order valence-electron chi connectivity index (χ4n) is 1.89. The minimum atomic E-state index is -3.37. The average molecular weight is 259 g/mol. The molecule has 1 saturated heterocycles. The van der Waals surface area contributed by atoms with Gasteiger partial charge in [0.05, 0.1) is 18.1 Å². The minimum Gasteiger partial charge on any atom is -0.377 e. The Balaban J connectivity index is 2.01. The molecule has 1 aliphatic rings. The van der Waals surface area contributed by atoms with Crippen LogP contribution >= 0.6 is 0 Å². The van der Waals surface area contributed by atoms with Crippen molar-refractivity contribution in [3.63, 3.8) is 0 Å². The summed E-state index contributed by atoms with van der Waals surface area (Å²) in [6.07, 6.45) is 3.92. The largest absolute Gasteiger partial charge is 0.377 e. The number of nitrogens with zero attached hydrogens (tertiary/aromatic N) is 1. The number of aromatic nitrogens is 2. The third kappa shape index (κ3) is 3.19. The Labute approximate surface area is 101 Å². The van der Waals surface area contributed by atoms with Crippen LogP contribution in [0.1, 0.15) is 25.3 Å². The molecule has 0 aliphatic carbocycles. The number of aromatic amines is 1. The maximum atomic E-state index is 11.9. The van der Waals surface area contributed by atoms with Crippen molar-refractivity contribution in [1.82, 2.24) is 10.2 Å². The molecular formula is C10H17N3O3S. The minimum absolute atomic E-state index is 0.00910. The highest BCUT2D eigenvalue weighted by Crippen LogP contribution is 2.17. The number of hydrogen-bond donors (Lipinski definition) is 2. The molecule has 1 aromatic heterocycles. The molecule has 1 atom stereocenters. The highest BCUT2D eigenvalue weighted by atomic mass is 32.2. The van der Waals surface area contributed by atoms with Gasteiger partial charge in [-0.05, 0) is 19.3 Å². The number of ether oxygens (including phenoxy) is 1. The van der Waals surface area contributed by atoms with Crippen LogP contribution in [0.2, 0.25) is 0 Å². The lowest BCUT2D eigenvalue weighted by atomic mass is 10.3. The predicted molar refractivity (Wildman–Crippen MR) is 64.3 cm³/mol. The smallest absolute Gasteiger partial charge is 0.236 e. The molecule has 6 nitrogen and oxygen atoms in total. The van der Waals surface area contributed by atoms with Crippen LogP contribution in [-0.4, -0.2) is 37.1 Å². The summed E-state index contributed by atoms with van der Waals surface area (Å²) in [6.45, 7) is 2.60. The molecule has 1 aliphatic heterocycles. The lowest BCUT2D eigenvalue weighted by Crippen LogP contribution is -2.26. The Morgan fingerprint density at radius 1 is 1.65 bits per heavy atom. The average Bonchev–Trinajstić information content (AvgIpc) is 2.87. The molecule has 1 aromatic rings. The fraction of sp³-hybridized carbons (Fsp3) is 0.700. The molecule has 17 heavy (non-hydrogen) atoms. The molecule has 0 bridgehead atoms. The quantitative estimate of drug-likeness (QED) is 0.822. The zero-order valence-electron chi connectivity index (χ0n) is 9.77. The molecule has 0 spiro atoms. The van der Waals surface area contributed by atoms with E-state index >= 15 is 0 Å². The standard InChI is InChI=1S/C10H17N3O3S/c1-2-8-6-11-12-10(8)13-17(14,15)7-9-4-3-5-16-9/h6,9H,2-5,7H2,1H3,(H2,11,12,13). The van der Waals surface area contributed by atoms with Gasteiger partial charge in [-0.2, -0.15) is 5.10 Å². The van der Waals surface area contributed by atoms with Gasteiger partial charge in [-0.1, -0.05) is 6.92 Å². The van der Waals surface area contributed by atoms with Crippen molar-refractivity contribution < 1.29 is 13.2 Å². The predicted octanol–water partition coefficient (Wildman–Crippen LogP) is 0.893. The summed E-state index contributed by atoms with van der Waals surface area (Å²) in [5, 5.41) is 6.48. The number of nitrogens with one attached hydrogen (secondary N) is 2. The van der Waals surface area contributed by atoms with Gasteiger partial charge in [-0.25, -0.2) is 8.42 Å². The second-order valence-electron chi connectivity index (χ2n) is 4.14. The van der Waals surface area contributed by atoms with Gasteiger partial charge in [0, 0.05) is 12.2 Å². The van der Waals surface area contributed by atoms with E-state index in [0.29, 0.717) is 12.4 Å². The molecule has 2 heterocycles. The van der Waals surface area contributed by atoms with E-state index in [-0.39, 0.29) is 11.9 Å². The lowest BCUT2D eigenvalue weighted by Gasteiger charge is -2.11. The van der Waals surface area contributed by atoms with Gasteiger partial charge < -0.3 is 4.74 Å². The van der Waals surface area contributed by atoms with Crippen LogP contribution in [0.3, 0.4) is 0 Å². The molecule has 0 saturated carbocycles. The molecule has 1 fully saturated rings. The van der Waals surface area contributed by atoms with E-state index in [0.717, 1.165) is 24.8 Å². The van der Waals surface area contributed by atoms with E-state index in [1.807, 2.05) is 6.92 Å². The summed E-state index contributed by atoms with van der Waals surface area (Å²) in [4.78, 5) is 0. The topological polar surface area (TPSA) is 84.1 Å². The summed E-state index contributed by atoms with van der Waals surface area (Å²) < 4.78 is 31.6. The van der Waals surface area contributed by atoms with Crippen molar-refractivity contribution in [2.45, 2.75) is 32.3 Å². The summed E-state index contributed by atoms with van der Waals surface area (Å²) in [6, 6.07) is 0. The number of H-pyrrole nitrogens is 1. The van der Waals surface area contributed by atoms with Gasteiger partial charge in [0.1, 0.15) is 5.82 Å². The van der Waals surface area contributed by atoms with Crippen LogP contribution in [0.5, 0.6) is 0 Å². The van der Waals surface area contributed by atoms with Gasteiger partial charge in [-0.15, -0.1) is 0 Å². The molecule has 0 radical (unpaired) electrons. The number of aryl methyl sites for hydroxylation is 1. The van der Waals surface area contributed by atoms with E-state index in [9.17, 15) is 8.42 Å². The Bertz CT molecular complexity index is 463. The highest BCUT2D eigenvalue weighted by Gasteiger charge is 2.24. The first-order valence-corrected chi connectivity index (χ1v) is 7.40. The number of hydrogen-bond acceptors (Lipinski definition) is 4. The Morgan fingerprint density at radius 2 is 2.47 bits per heavy atom. The normalized spacial score (nSPS) is 20.6. The fourth-order valence-corrected chi connectivity index (χ4v) is 3.21. The second kappa shape index (κ2) is 5.05. The first-order valence-electron chi connectivity index (χ1n) is 5.75. The number of sulfonamides is 1. The maximum absolute atomic E-state index is 11.9. The molecule has 1 unspecified atom stereocenters. The summed E-state index contributed by atoms with van der Waals surface area (Å²) in [7, 11) is -3.37. The first kappa shape index (κ1) is 12.4. The van der Waals surface area contributed by atoms with Crippen LogP contribution in [0.15, 0.2) is 6.20 Å². The Kier molecular flexibility index (Phi) is 3.68. The molecular weight excluding hydrogens is 242 g/mol. The molecule has 2 rings (SSSR count).